The van der Waals surface area contributed by atoms with Crippen molar-refractivity contribution in [2.24, 2.45) is 0 Å². The highest BCUT2D eigenvalue weighted by Crippen LogP contribution is 2.30. The first-order valence-corrected chi connectivity index (χ1v) is 9.42. The molecule has 29 heavy (non-hydrogen) atoms. The maximum Gasteiger partial charge on any atom is 0.416 e. The predicted molar refractivity (Wildman–Crippen MR) is 106 cm³/mol. The molecule has 0 heterocycles. The fourth-order valence-corrected chi connectivity index (χ4v) is 3.34. The minimum atomic E-state index is -4.38. The highest BCUT2D eigenvalue weighted by Gasteiger charge is 2.30. The van der Waals surface area contributed by atoms with E-state index in [2.05, 4.69) is 0 Å². The molecule has 0 N–H and O–H groups in total. The maximum atomic E-state index is 12.9. The molecule has 0 aromatic heterocycles. The Morgan fingerprint density at radius 3 is 2.45 bits per heavy atom. The first-order chi connectivity index (χ1) is 13.8. The molecule has 1 unspecified atom stereocenters. The molecular formula is C23H22F3NO2. The van der Waals surface area contributed by atoms with Gasteiger partial charge in [-0.2, -0.15) is 13.2 Å². The lowest BCUT2D eigenvalue weighted by atomic mass is 10.0. The molecule has 3 aromatic carbocycles. The summed E-state index contributed by atoms with van der Waals surface area (Å²) < 4.78 is 38.8. The van der Waals surface area contributed by atoms with Gasteiger partial charge in [0, 0.05) is 12.6 Å². The van der Waals surface area contributed by atoms with Crippen LogP contribution >= 0.6 is 0 Å². The molecule has 0 saturated heterocycles. The number of nitrogens with zero attached hydrogens (tertiary/aromatic N) is 1. The van der Waals surface area contributed by atoms with Gasteiger partial charge in [-0.25, -0.2) is 4.79 Å². The minimum Gasteiger partial charge on any atom is -0.364 e. The van der Waals surface area contributed by atoms with Gasteiger partial charge in [-0.3, -0.25) is 0 Å². The van der Waals surface area contributed by atoms with Crippen molar-refractivity contribution >= 4 is 16.7 Å². The maximum absolute atomic E-state index is 12.9. The van der Waals surface area contributed by atoms with Gasteiger partial charge in [0.15, 0.2) is 0 Å². The molecule has 3 nitrogen and oxygen atoms in total. The first-order valence-electron chi connectivity index (χ1n) is 9.42. The fourth-order valence-electron chi connectivity index (χ4n) is 3.34. The van der Waals surface area contributed by atoms with Crippen molar-refractivity contribution < 1.29 is 22.8 Å². The van der Waals surface area contributed by atoms with Crippen LogP contribution < -0.4 is 0 Å². The van der Waals surface area contributed by atoms with Crippen molar-refractivity contribution in [1.82, 2.24) is 5.06 Å². The smallest absolute Gasteiger partial charge is 0.364 e. The highest BCUT2D eigenvalue weighted by molar-refractivity contribution is 6.04. The van der Waals surface area contributed by atoms with Crippen LogP contribution in [-0.4, -0.2) is 23.6 Å². The lowest BCUT2D eigenvalue weighted by molar-refractivity contribution is -0.137. The van der Waals surface area contributed by atoms with Crippen molar-refractivity contribution in [1.29, 1.82) is 0 Å². The zero-order valence-electron chi connectivity index (χ0n) is 16.2. The van der Waals surface area contributed by atoms with Gasteiger partial charge in [0.25, 0.3) is 0 Å². The lowest BCUT2D eigenvalue weighted by Crippen LogP contribution is -2.36. The van der Waals surface area contributed by atoms with Gasteiger partial charge in [0.1, 0.15) is 0 Å². The van der Waals surface area contributed by atoms with E-state index in [1.54, 1.807) is 18.2 Å². The van der Waals surface area contributed by atoms with Crippen LogP contribution in [0.4, 0.5) is 13.2 Å². The van der Waals surface area contributed by atoms with Crippen LogP contribution in [0.3, 0.4) is 0 Å². The molecular weight excluding hydrogens is 379 g/mol. The van der Waals surface area contributed by atoms with Gasteiger partial charge in [0.05, 0.1) is 11.1 Å². The Kier molecular flexibility index (Phi) is 6.23. The van der Waals surface area contributed by atoms with Crippen molar-refractivity contribution in [3.05, 3.63) is 83.4 Å². The van der Waals surface area contributed by atoms with E-state index in [1.807, 2.05) is 44.2 Å². The molecule has 0 spiro atoms. The Morgan fingerprint density at radius 1 is 1.03 bits per heavy atom. The first kappa shape index (κ1) is 20.9. The molecule has 152 valence electrons. The van der Waals surface area contributed by atoms with E-state index in [0.717, 1.165) is 22.9 Å². The Bertz CT molecular complexity index is 995. The second-order valence-electron chi connectivity index (χ2n) is 6.89. The van der Waals surface area contributed by atoms with Gasteiger partial charge in [-0.05, 0) is 48.7 Å². The van der Waals surface area contributed by atoms with Crippen LogP contribution in [0.15, 0.2) is 66.7 Å². The van der Waals surface area contributed by atoms with E-state index in [0.29, 0.717) is 24.1 Å². The molecule has 0 saturated carbocycles. The quantitative estimate of drug-likeness (QED) is 0.483. The molecule has 1 atom stereocenters. The number of benzene rings is 3. The second-order valence-corrected chi connectivity index (χ2v) is 6.89. The van der Waals surface area contributed by atoms with E-state index in [9.17, 15) is 18.0 Å². The molecule has 0 radical (unpaired) electrons. The van der Waals surface area contributed by atoms with Gasteiger partial charge in [-0.1, -0.05) is 54.6 Å². The third kappa shape index (κ3) is 4.95. The van der Waals surface area contributed by atoms with Crippen LogP contribution in [0.25, 0.3) is 10.8 Å². The molecule has 0 bridgehead atoms. The molecule has 0 aliphatic heterocycles. The van der Waals surface area contributed by atoms with Crippen molar-refractivity contribution in [2.45, 2.75) is 32.5 Å². The molecule has 3 rings (SSSR count). The SMILES string of the molecule is CCN(OC(=O)c1cccc2ccccc12)C(C)Cc1cccc(C(F)(F)F)c1. The third-order valence-electron chi connectivity index (χ3n) is 4.80. The summed E-state index contributed by atoms with van der Waals surface area (Å²) in [6, 6.07) is 17.9. The molecule has 0 aliphatic rings. The van der Waals surface area contributed by atoms with E-state index in [4.69, 9.17) is 4.84 Å². The zero-order chi connectivity index (χ0) is 21.0. The van der Waals surface area contributed by atoms with Crippen LogP contribution in [0, 0.1) is 0 Å². The standard InChI is InChI=1S/C23H22F3NO2/c1-3-27(16(2)14-17-8-6-11-19(15-17)23(24,25)26)29-22(28)21-13-7-10-18-9-4-5-12-20(18)21/h4-13,15-16H,3,14H2,1-2H3. The number of carbonyl (C=O) groups is 1. The Morgan fingerprint density at radius 2 is 1.72 bits per heavy atom. The Hall–Kier alpha value is -2.86. The number of halogens is 3. The van der Waals surface area contributed by atoms with E-state index < -0.39 is 17.7 Å². The number of hydrogen-bond donors (Lipinski definition) is 0. The third-order valence-corrected chi connectivity index (χ3v) is 4.80. The number of likely N-dealkylation sites (N-methyl/N-ethyl adjacent to an activating group) is 1. The normalized spacial score (nSPS) is 12.9. The van der Waals surface area contributed by atoms with E-state index in [1.165, 1.54) is 11.1 Å². The number of carbonyl (C=O) groups excluding carboxylic acids is 1. The van der Waals surface area contributed by atoms with Crippen LogP contribution in [0.2, 0.25) is 0 Å². The summed E-state index contributed by atoms with van der Waals surface area (Å²) in [5.74, 6) is -0.487. The van der Waals surface area contributed by atoms with Crippen LogP contribution in [0.5, 0.6) is 0 Å². The molecule has 0 fully saturated rings. The van der Waals surface area contributed by atoms with E-state index in [-0.39, 0.29) is 6.04 Å². The summed E-state index contributed by atoms with van der Waals surface area (Å²) in [5.41, 5.74) is 0.304. The average Bonchev–Trinajstić information content (AvgIpc) is 2.70. The minimum absolute atomic E-state index is 0.289. The van der Waals surface area contributed by atoms with Crippen molar-refractivity contribution in [3.8, 4) is 0 Å². The molecule has 3 aromatic rings. The van der Waals surface area contributed by atoms with Crippen LogP contribution in [-0.2, 0) is 17.4 Å². The van der Waals surface area contributed by atoms with Gasteiger partial charge in [-0.15, -0.1) is 5.06 Å². The summed E-state index contributed by atoms with van der Waals surface area (Å²) in [5, 5.41) is 3.23. The largest absolute Gasteiger partial charge is 0.416 e. The number of alkyl halides is 3. The molecule has 6 heteroatoms. The number of hydrogen-bond acceptors (Lipinski definition) is 3. The van der Waals surface area contributed by atoms with Crippen LogP contribution in [0.1, 0.15) is 35.3 Å². The van der Waals surface area contributed by atoms with Gasteiger partial charge in [0.2, 0.25) is 0 Å². The number of rotatable bonds is 6. The monoisotopic (exact) mass is 401 g/mol. The fraction of sp³-hybridized carbons (Fsp3) is 0.261. The summed E-state index contributed by atoms with van der Waals surface area (Å²) in [6.45, 7) is 4.07. The summed E-state index contributed by atoms with van der Waals surface area (Å²) in [4.78, 5) is 18.4. The predicted octanol–water partition coefficient (Wildman–Crippen LogP) is 5.88. The topological polar surface area (TPSA) is 29.5 Å². The Balaban J connectivity index is 1.75. The van der Waals surface area contributed by atoms with Crippen molar-refractivity contribution in [2.75, 3.05) is 6.54 Å². The average molecular weight is 401 g/mol. The molecule has 0 aliphatic carbocycles. The summed E-state index contributed by atoms with van der Waals surface area (Å²) >= 11 is 0. The van der Waals surface area contributed by atoms with E-state index >= 15 is 0 Å². The Labute approximate surface area is 167 Å². The highest BCUT2D eigenvalue weighted by atomic mass is 19.4. The van der Waals surface area contributed by atoms with Crippen molar-refractivity contribution in [3.63, 3.8) is 0 Å². The van der Waals surface area contributed by atoms with Gasteiger partial charge >= 0.3 is 12.1 Å². The summed E-state index contributed by atoms with van der Waals surface area (Å²) in [7, 11) is 0. The van der Waals surface area contributed by atoms with Gasteiger partial charge < -0.3 is 4.84 Å². The summed E-state index contributed by atoms with van der Waals surface area (Å²) in [6.07, 6.45) is -4.06. The number of hydroxylamine groups is 2. The lowest BCUT2D eigenvalue weighted by Gasteiger charge is -2.26. The molecule has 0 amide bonds. The second kappa shape index (κ2) is 8.66. The number of fused-ring (bicyclic) bond motifs is 1. The zero-order valence-corrected chi connectivity index (χ0v) is 16.2.